The maximum Gasteiger partial charge on any atom is 0.433 e. The lowest BCUT2D eigenvalue weighted by molar-refractivity contribution is -0.141. The van der Waals surface area contributed by atoms with Gasteiger partial charge in [0.2, 0.25) is 0 Å². The molecule has 0 aromatic carbocycles. The lowest BCUT2D eigenvalue weighted by Crippen LogP contribution is -2.11. The maximum absolute atomic E-state index is 12.4. The van der Waals surface area contributed by atoms with Gasteiger partial charge in [0.25, 0.3) is 0 Å². The predicted molar refractivity (Wildman–Crippen MR) is 57.0 cm³/mol. The molecule has 0 radical (unpaired) electrons. The highest BCUT2D eigenvalue weighted by atomic mass is 19.4. The van der Waals surface area contributed by atoms with Crippen LogP contribution in [0.4, 0.5) is 13.2 Å². The van der Waals surface area contributed by atoms with Crippen molar-refractivity contribution in [2.45, 2.75) is 39.3 Å². The fourth-order valence-corrected chi connectivity index (χ4v) is 1.62. The second kappa shape index (κ2) is 5.32. The molecule has 0 aliphatic carbocycles. The number of nitrogens with zero attached hydrogens (tertiary/aromatic N) is 1. The van der Waals surface area contributed by atoms with Gasteiger partial charge >= 0.3 is 6.18 Å². The predicted octanol–water partition coefficient (Wildman–Crippen LogP) is 4.08. The summed E-state index contributed by atoms with van der Waals surface area (Å²) in [6, 6.07) is 4.09. The Balaban J connectivity index is 2.82. The van der Waals surface area contributed by atoms with Crippen molar-refractivity contribution in [2.75, 3.05) is 0 Å². The van der Waals surface area contributed by atoms with Crippen molar-refractivity contribution >= 4 is 0 Å². The first-order valence-electron chi connectivity index (χ1n) is 5.50. The van der Waals surface area contributed by atoms with E-state index in [2.05, 4.69) is 4.98 Å². The van der Waals surface area contributed by atoms with Gasteiger partial charge in [-0.2, -0.15) is 13.2 Å². The van der Waals surface area contributed by atoms with Crippen LogP contribution in [0.25, 0.3) is 0 Å². The Bertz CT molecular complexity index is 329. The first kappa shape index (κ1) is 13.0. The van der Waals surface area contributed by atoms with Gasteiger partial charge in [0.05, 0.1) is 0 Å². The van der Waals surface area contributed by atoms with Gasteiger partial charge in [-0.1, -0.05) is 32.8 Å². The lowest BCUT2D eigenvalue weighted by Gasteiger charge is -2.12. The summed E-state index contributed by atoms with van der Waals surface area (Å²) < 4.78 is 37.2. The second-order valence-electron chi connectivity index (χ2n) is 3.90. The number of hydrogen-bond donors (Lipinski definition) is 0. The number of pyridine rings is 1. The summed E-state index contributed by atoms with van der Waals surface area (Å²) in [7, 11) is 0. The quantitative estimate of drug-likeness (QED) is 0.760. The molecule has 1 aromatic rings. The van der Waals surface area contributed by atoms with Crippen molar-refractivity contribution in [2.24, 2.45) is 5.92 Å². The highest BCUT2D eigenvalue weighted by molar-refractivity contribution is 5.14. The number of halogens is 3. The van der Waals surface area contributed by atoms with Gasteiger partial charge in [-0.3, -0.25) is 0 Å². The Morgan fingerprint density at radius 3 is 2.31 bits per heavy atom. The normalized spacial score (nSPS) is 12.1. The SMILES string of the molecule is CCC(CC)Cc1cccc(C(F)(F)F)n1. The highest BCUT2D eigenvalue weighted by Crippen LogP contribution is 2.27. The van der Waals surface area contributed by atoms with Crippen molar-refractivity contribution in [3.05, 3.63) is 29.6 Å². The highest BCUT2D eigenvalue weighted by Gasteiger charge is 2.32. The van der Waals surface area contributed by atoms with E-state index in [1.54, 1.807) is 6.07 Å². The summed E-state index contributed by atoms with van der Waals surface area (Å²) in [6.07, 6.45) is -1.79. The number of hydrogen-bond acceptors (Lipinski definition) is 1. The van der Waals surface area contributed by atoms with Crippen LogP contribution in [0, 0.1) is 5.92 Å². The minimum absolute atomic E-state index is 0.413. The van der Waals surface area contributed by atoms with Crippen LogP contribution in [0.15, 0.2) is 18.2 Å². The standard InChI is InChI=1S/C12H16F3N/c1-3-9(4-2)8-10-6-5-7-11(16-10)12(13,14)15/h5-7,9H,3-4,8H2,1-2H3. The number of aromatic nitrogens is 1. The van der Waals surface area contributed by atoms with Crippen LogP contribution in [0.2, 0.25) is 0 Å². The molecule has 1 heterocycles. The van der Waals surface area contributed by atoms with Gasteiger partial charge in [-0.15, -0.1) is 0 Å². The van der Waals surface area contributed by atoms with Gasteiger partial charge in [-0.25, -0.2) is 4.98 Å². The van der Waals surface area contributed by atoms with E-state index in [1.165, 1.54) is 6.07 Å². The topological polar surface area (TPSA) is 12.9 Å². The lowest BCUT2D eigenvalue weighted by atomic mass is 9.97. The Labute approximate surface area is 93.7 Å². The summed E-state index contributed by atoms with van der Waals surface area (Å²) in [6.45, 7) is 4.09. The molecule has 0 bridgehead atoms. The van der Waals surface area contributed by atoms with Gasteiger partial charge < -0.3 is 0 Å². The summed E-state index contributed by atoms with van der Waals surface area (Å²) in [5, 5.41) is 0. The van der Waals surface area contributed by atoms with E-state index in [1.807, 2.05) is 13.8 Å². The third-order valence-electron chi connectivity index (χ3n) is 2.75. The summed E-state index contributed by atoms with van der Waals surface area (Å²) in [5.41, 5.74) is -0.264. The van der Waals surface area contributed by atoms with Crippen LogP contribution in [0.1, 0.15) is 38.1 Å². The molecule has 0 unspecified atom stereocenters. The van der Waals surface area contributed by atoms with E-state index < -0.39 is 11.9 Å². The Kier molecular flexibility index (Phi) is 4.33. The fourth-order valence-electron chi connectivity index (χ4n) is 1.62. The molecule has 1 nitrogen and oxygen atoms in total. The van der Waals surface area contributed by atoms with Gasteiger partial charge in [0.15, 0.2) is 0 Å². The van der Waals surface area contributed by atoms with Crippen molar-refractivity contribution in [1.29, 1.82) is 0 Å². The van der Waals surface area contributed by atoms with Gasteiger partial charge in [0.1, 0.15) is 5.69 Å². The fraction of sp³-hybridized carbons (Fsp3) is 0.583. The van der Waals surface area contributed by atoms with Crippen molar-refractivity contribution in [3.8, 4) is 0 Å². The first-order valence-corrected chi connectivity index (χ1v) is 5.50. The molecule has 0 N–H and O–H groups in total. The van der Waals surface area contributed by atoms with E-state index in [4.69, 9.17) is 0 Å². The molecule has 0 saturated carbocycles. The average molecular weight is 231 g/mol. The first-order chi connectivity index (χ1) is 7.47. The van der Waals surface area contributed by atoms with Crippen LogP contribution in [-0.4, -0.2) is 4.98 Å². The Morgan fingerprint density at radius 1 is 1.19 bits per heavy atom. The molecular formula is C12H16F3N. The molecule has 90 valence electrons. The van der Waals surface area contributed by atoms with E-state index in [0.717, 1.165) is 18.9 Å². The van der Waals surface area contributed by atoms with Crippen molar-refractivity contribution in [3.63, 3.8) is 0 Å². The van der Waals surface area contributed by atoms with Crippen LogP contribution < -0.4 is 0 Å². The molecule has 0 fully saturated rings. The molecule has 0 aliphatic heterocycles. The minimum Gasteiger partial charge on any atom is -0.248 e. The van der Waals surface area contributed by atoms with Crippen molar-refractivity contribution in [1.82, 2.24) is 4.98 Å². The third kappa shape index (κ3) is 3.51. The molecule has 1 aromatic heterocycles. The van der Waals surface area contributed by atoms with E-state index in [0.29, 0.717) is 18.0 Å². The molecule has 0 spiro atoms. The van der Waals surface area contributed by atoms with Crippen molar-refractivity contribution < 1.29 is 13.2 Å². The number of rotatable bonds is 4. The summed E-state index contributed by atoms with van der Waals surface area (Å²) in [4.78, 5) is 3.65. The molecule has 0 amide bonds. The number of alkyl halides is 3. The Hall–Kier alpha value is -1.06. The maximum atomic E-state index is 12.4. The van der Waals surface area contributed by atoms with Crippen LogP contribution >= 0.6 is 0 Å². The molecule has 0 aliphatic rings. The van der Waals surface area contributed by atoms with E-state index in [9.17, 15) is 13.2 Å². The van der Waals surface area contributed by atoms with Crippen LogP contribution in [-0.2, 0) is 12.6 Å². The molecule has 16 heavy (non-hydrogen) atoms. The molecular weight excluding hydrogens is 215 g/mol. The van der Waals surface area contributed by atoms with Crippen LogP contribution in [0.5, 0.6) is 0 Å². The Morgan fingerprint density at radius 2 is 1.81 bits per heavy atom. The largest absolute Gasteiger partial charge is 0.433 e. The molecule has 1 rings (SSSR count). The van der Waals surface area contributed by atoms with Gasteiger partial charge in [-0.05, 0) is 24.5 Å². The van der Waals surface area contributed by atoms with E-state index in [-0.39, 0.29) is 0 Å². The zero-order valence-electron chi connectivity index (χ0n) is 9.51. The third-order valence-corrected chi connectivity index (χ3v) is 2.75. The molecule has 4 heteroatoms. The minimum atomic E-state index is -4.34. The van der Waals surface area contributed by atoms with E-state index >= 15 is 0 Å². The zero-order chi connectivity index (χ0) is 12.2. The summed E-state index contributed by atoms with van der Waals surface area (Å²) in [5.74, 6) is 0.413. The van der Waals surface area contributed by atoms with Crippen LogP contribution in [0.3, 0.4) is 0 Å². The smallest absolute Gasteiger partial charge is 0.248 e. The monoisotopic (exact) mass is 231 g/mol. The zero-order valence-corrected chi connectivity index (χ0v) is 9.51. The summed E-state index contributed by atoms with van der Waals surface area (Å²) >= 11 is 0. The molecule has 0 atom stereocenters. The van der Waals surface area contributed by atoms with Gasteiger partial charge in [0, 0.05) is 5.69 Å². The second-order valence-corrected chi connectivity index (χ2v) is 3.90. The average Bonchev–Trinajstić information content (AvgIpc) is 2.25. The molecule has 0 saturated heterocycles.